The summed E-state index contributed by atoms with van der Waals surface area (Å²) in [6.07, 6.45) is -11.2. The summed E-state index contributed by atoms with van der Waals surface area (Å²) in [7, 11) is 0.812. The molecule has 434 valence electrons. The Kier molecular flexibility index (Phi) is 18.3. The number of anilines is 1. The number of alkyl halides is 8. The predicted molar refractivity (Wildman–Crippen MR) is 265 cm³/mol. The molecule has 18 nitrogen and oxygen atoms in total. The number of alkyl carbamates (subject to hydrolysis) is 1. The van der Waals surface area contributed by atoms with Gasteiger partial charge in [-0.15, -0.1) is 0 Å². The number of methoxy groups -OCH3 is 1. The summed E-state index contributed by atoms with van der Waals surface area (Å²) in [6, 6.07) is 5.37. The maximum absolute atomic E-state index is 16.0. The predicted octanol–water partition coefficient (Wildman–Crippen LogP) is 6.53. The second kappa shape index (κ2) is 24.2. The zero-order valence-electron chi connectivity index (χ0n) is 43.6. The van der Waals surface area contributed by atoms with E-state index in [1.165, 1.54) is 29.6 Å². The normalized spacial score (nSPS) is 18.6. The van der Waals surface area contributed by atoms with Crippen molar-refractivity contribution in [3.63, 3.8) is 0 Å². The van der Waals surface area contributed by atoms with E-state index in [4.69, 9.17) is 4.74 Å². The summed E-state index contributed by atoms with van der Waals surface area (Å²) >= 11 is 0. The van der Waals surface area contributed by atoms with E-state index in [0.717, 1.165) is 64.5 Å². The minimum Gasteiger partial charge on any atom is -0.465 e. The maximum Gasteiger partial charge on any atom is 0.407 e. The molecule has 3 aliphatic heterocycles. The topological polar surface area (TPSA) is 216 Å². The van der Waals surface area contributed by atoms with Crippen LogP contribution in [-0.4, -0.2) is 154 Å². The number of halogens is 10. The largest absolute Gasteiger partial charge is 0.465 e. The zero-order chi connectivity index (χ0) is 58.6. The molecule has 6 N–H and O–H groups in total. The van der Waals surface area contributed by atoms with Gasteiger partial charge in [0.15, 0.2) is 0 Å². The lowest BCUT2D eigenvalue weighted by Crippen LogP contribution is -2.63. The molecule has 3 saturated heterocycles. The average molecular weight is 1140 g/mol. The third kappa shape index (κ3) is 13.8. The van der Waals surface area contributed by atoms with E-state index in [1.807, 2.05) is 22.9 Å². The second-order valence-corrected chi connectivity index (χ2v) is 20.8. The molecule has 5 heterocycles. The van der Waals surface area contributed by atoms with Crippen LogP contribution in [0.15, 0.2) is 67.1 Å². The molecule has 80 heavy (non-hydrogen) atoms. The van der Waals surface area contributed by atoms with Crippen molar-refractivity contribution >= 4 is 29.8 Å². The van der Waals surface area contributed by atoms with Gasteiger partial charge in [-0.1, -0.05) is 24.0 Å². The summed E-state index contributed by atoms with van der Waals surface area (Å²) in [5, 5.41) is 31.0. The number of benzene rings is 2. The first-order chi connectivity index (χ1) is 37.5. The molecule has 0 saturated carbocycles. The van der Waals surface area contributed by atoms with Gasteiger partial charge in [-0.2, -0.15) is 40.2 Å². The van der Waals surface area contributed by atoms with E-state index < -0.39 is 115 Å². The van der Waals surface area contributed by atoms with Crippen LogP contribution in [0, 0.1) is 34.3 Å². The molecule has 2 aromatic heterocycles. The number of fused-ring (bicyclic) bond motifs is 2. The minimum absolute atomic E-state index is 0.187. The van der Waals surface area contributed by atoms with E-state index in [1.54, 1.807) is 6.20 Å². The molecule has 3 aliphatic rings. The van der Waals surface area contributed by atoms with Gasteiger partial charge in [-0.05, 0) is 94.5 Å². The van der Waals surface area contributed by atoms with Gasteiger partial charge in [-0.3, -0.25) is 19.9 Å². The van der Waals surface area contributed by atoms with Crippen molar-refractivity contribution in [3.8, 4) is 23.0 Å². The number of nitrogens with zero attached hydrogens (tertiary/aromatic N) is 6. The highest BCUT2D eigenvalue weighted by Gasteiger charge is 2.57. The maximum atomic E-state index is 16.0. The Labute approximate surface area is 452 Å². The number of aliphatic hydroxyl groups excluding tert-OH is 1. The first kappa shape index (κ1) is 60.4. The number of nitrogens with one attached hydrogen (secondary N) is 4. The van der Waals surface area contributed by atoms with E-state index in [2.05, 4.69) is 41.8 Å². The number of ether oxygens (including phenoxy) is 2. The number of aliphatic hydroxyl groups is 1. The van der Waals surface area contributed by atoms with Crippen molar-refractivity contribution in [2.24, 2.45) is 10.8 Å². The lowest BCUT2D eigenvalue weighted by atomic mass is 9.82. The number of amides is 4. The highest BCUT2D eigenvalue weighted by Crippen LogP contribution is 2.42. The molecule has 0 radical (unpaired) electrons. The molecular formula is C52H58F10N10O8. The van der Waals surface area contributed by atoms with E-state index in [9.17, 15) is 64.5 Å². The van der Waals surface area contributed by atoms with Crippen LogP contribution in [0.5, 0.6) is 0 Å². The number of carbonyl (C=O) groups is 4. The van der Waals surface area contributed by atoms with Crippen LogP contribution >= 0.6 is 0 Å². The van der Waals surface area contributed by atoms with Crippen LogP contribution < -0.4 is 26.3 Å². The Hall–Kier alpha value is -7.22. The lowest BCUT2D eigenvalue weighted by Gasteiger charge is -2.47. The zero-order valence-corrected chi connectivity index (χ0v) is 43.6. The number of carboxylic acid groups (broad SMARTS) is 1. The molecule has 4 aromatic rings. The first-order valence-corrected chi connectivity index (χ1v) is 25.0. The lowest BCUT2D eigenvalue weighted by molar-refractivity contribution is -0.221. The number of aromatic nitrogens is 3. The molecule has 3 fully saturated rings. The van der Waals surface area contributed by atoms with E-state index in [0.29, 0.717) is 74.1 Å². The molecule has 7 rings (SSSR count). The molecule has 4 amide bonds. The van der Waals surface area contributed by atoms with Crippen molar-refractivity contribution in [3.05, 3.63) is 101 Å². The highest BCUT2D eigenvalue weighted by atomic mass is 19.4. The van der Waals surface area contributed by atoms with Crippen LogP contribution in [0.2, 0.25) is 0 Å². The fourth-order valence-corrected chi connectivity index (χ4v) is 9.64. The Morgan fingerprint density at radius 3 is 1.88 bits per heavy atom. The summed E-state index contributed by atoms with van der Waals surface area (Å²) in [6.45, 7) is -0.197. The number of hydrogen-bond acceptors (Lipinski definition) is 12. The quantitative estimate of drug-likeness (QED) is 0.0335. The van der Waals surface area contributed by atoms with Gasteiger partial charge in [0.05, 0.1) is 55.5 Å². The van der Waals surface area contributed by atoms with Crippen molar-refractivity contribution < 1.29 is 82.8 Å². The molecule has 0 aliphatic carbocycles. The molecule has 2 aromatic carbocycles. The van der Waals surface area contributed by atoms with Crippen molar-refractivity contribution in [2.75, 3.05) is 44.9 Å². The van der Waals surface area contributed by atoms with Crippen molar-refractivity contribution in [2.45, 2.75) is 115 Å². The molecule has 28 heteroatoms. The van der Waals surface area contributed by atoms with Crippen LogP contribution in [0.1, 0.15) is 69.3 Å². The smallest absolute Gasteiger partial charge is 0.407 e. The van der Waals surface area contributed by atoms with Gasteiger partial charge >= 0.3 is 31.1 Å². The third-order valence-electron chi connectivity index (χ3n) is 14.7. The molecule has 6 unspecified atom stereocenters. The number of carbonyl (C=O) groups excluding carboxylic acids is 3. The summed E-state index contributed by atoms with van der Waals surface area (Å²) in [4.78, 5) is 61.6. The third-order valence-corrected chi connectivity index (χ3v) is 14.7. The number of pyridine rings is 1. The average Bonchev–Trinajstić information content (AvgIpc) is 3.96. The fraction of sp³-hybridized carbons (Fsp3) is 0.500. The molecule has 2 bridgehead atoms. The van der Waals surface area contributed by atoms with Crippen LogP contribution in [-0.2, 0) is 32.0 Å². The van der Waals surface area contributed by atoms with Gasteiger partial charge in [0.1, 0.15) is 29.5 Å². The van der Waals surface area contributed by atoms with E-state index >= 15 is 8.78 Å². The molecular weight excluding hydrogens is 1080 g/mol. The minimum atomic E-state index is -5.28. The molecule has 6 atom stereocenters. The van der Waals surface area contributed by atoms with Gasteiger partial charge in [0.2, 0.25) is 5.91 Å². The van der Waals surface area contributed by atoms with Gasteiger partial charge in [0.25, 0.3) is 5.91 Å². The van der Waals surface area contributed by atoms with Crippen molar-refractivity contribution in [1.29, 1.82) is 0 Å². The highest BCUT2D eigenvalue weighted by molar-refractivity contribution is 5.87. The summed E-state index contributed by atoms with van der Waals surface area (Å²) in [5.41, 5.74) is -4.47. The Morgan fingerprint density at radius 1 is 0.800 bits per heavy atom. The van der Waals surface area contributed by atoms with Gasteiger partial charge < -0.3 is 40.5 Å². The molecule has 0 spiro atoms. The SMILES string of the molecule is COC(=O)NC(C(=O)NC(Cc1ccc(C#Cc2ccc(N3CC4CCC(C3)N4C3COC3)nc2)cc1)C(O)CN(Cc1c(F)cc(-c2cnn(C(F)F)c2)cc1F)NC(=O)C(NC(=O)O)C(C)(C)C(F)(F)F)C(C)(C)C(F)(F)F. The van der Waals surface area contributed by atoms with Crippen LogP contribution in [0.3, 0.4) is 0 Å². The number of hydrazine groups is 1. The van der Waals surface area contributed by atoms with Crippen LogP contribution in [0.25, 0.3) is 11.1 Å². The first-order valence-electron chi connectivity index (χ1n) is 25.0. The second-order valence-electron chi connectivity index (χ2n) is 20.8. The standard InChI is InChI=1S/C52H58F10N10O8/c1-49(2,51(57,58)59)42(67-48(78)79-5)44(74)65-39(16-29-9-6-28(7-10-29)8-11-30-12-15-41(63-19-30)69-22-33-13-14-34(23-69)72(33)35-26-80-27-35)40(73)25-70(68-45(75)43(66-47(76)77)50(3,4)52(60,61)62)24-36-37(53)17-31(18-38(36)54)32-20-64-71(21-32)46(55)56/h6-7,9-10,12,15,17-21,33-35,39-40,42-43,46,66,73H,13-14,16,22-27H2,1-5H3,(H,65,74)(H,67,78)(H,68,75)(H,76,77). The van der Waals surface area contributed by atoms with Gasteiger partial charge in [-0.25, -0.2) is 33.0 Å². The Bertz CT molecular complexity index is 2890. The van der Waals surface area contributed by atoms with Crippen molar-refractivity contribution in [1.82, 2.24) is 46.0 Å². The van der Waals surface area contributed by atoms with Gasteiger partial charge in [0, 0.05) is 72.9 Å². The summed E-state index contributed by atoms with van der Waals surface area (Å²) in [5.74, 6) is 0.636. The monoisotopic (exact) mass is 1140 g/mol. The van der Waals surface area contributed by atoms with E-state index in [-0.39, 0.29) is 21.4 Å². The van der Waals surface area contributed by atoms with Crippen LogP contribution in [0.4, 0.5) is 59.3 Å². The summed E-state index contributed by atoms with van der Waals surface area (Å²) < 4.78 is 155. The number of rotatable bonds is 19. The Morgan fingerprint density at radius 2 is 1.38 bits per heavy atom. The Balaban J connectivity index is 1.18. The number of hydrogen-bond donors (Lipinski definition) is 6. The number of piperazine rings is 1. The fourth-order valence-electron chi connectivity index (χ4n) is 9.64.